The number of primary amides is 1. The second kappa shape index (κ2) is 9.84. The second-order valence-electron chi connectivity index (χ2n) is 6.90. The molecule has 0 radical (unpaired) electrons. The van der Waals surface area contributed by atoms with Crippen LogP contribution in [0.25, 0.3) is 0 Å². The summed E-state index contributed by atoms with van der Waals surface area (Å²) in [5.41, 5.74) is 6.70. The maximum Gasteiger partial charge on any atom is 0.264 e. The molecule has 3 aromatic carbocycles. The van der Waals surface area contributed by atoms with E-state index in [0.717, 1.165) is 0 Å². The number of rotatable bonds is 8. The Morgan fingerprint density at radius 1 is 1.00 bits per heavy atom. The summed E-state index contributed by atoms with van der Waals surface area (Å²) < 4.78 is 27.8. The van der Waals surface area contributed by atoms with E-state index in [0.29, 0.717) is 16.9 Å². The van der Waals surface area contributed by atoms with Gasteiger partial charge in [0.25, 0.3) is 15.9 Å². The van der Waals surface area contributed by atoms with Gasteiger partial charge in [0.15, 0.2) is 0 Å². The van der Waals surface area contributed by atoms with E-state index in [2.05, 4.69) is 5.32 Å². The van der Waals surface area contributed by atoms with E-state index in [9.17, 15) is 18.0 Å². The van der Waals surface area contributed by atoms with Gasteiger partial charge in [0, 0.05) is 12.2 Å². The molecule has 32 heavy (non-hydrogen) atoms. The molecule has 0 aliphatic rings. The third-order valence-electron chi connectivity index (χ3n) is 4.73. The van der Waals surface area contributed by atoms with Crippen LogP contribution in [0, 0.1) is 0 Å². The highest BCUT2D eigenvalue weighted by Crippen LogP contribution is 2.27. The molecule has 0 fully saturated rings. The number of para-hydroxylation sites is 2. The minimum Gasteiger partial charge on any atom is -0.369 e. The van der Waals surface area contributed by atoms with Crippen molar-refractivity contribution in [3.05, 3.63) is 88.9 Å². The Morgan fingerprint density at radius 2 is 1.66 bits per heavy atom. The van der Waals surface area contributed by atoms with Crippen molar-refractivity contribution in [2.24, 2.45) is 5.73 Å². The number of nitrogens with one attached hydrogen (secondary N) is 1. The van der Waals surface area contributed by atoms with Crippen LogP contribution in [0.4, 0.5) is 11.4 Å². The largest absolute Gasteiger partial charge is 0.369 e. The summed E-state index contributed by atoms with van der Waals surface area (Å²) in [5.74, 6) is -1.15. The Bertz CT molecular complexity index is 1250. The van der Waals surface area contributed by atoms with Gasteiger partial charge in [0.2, 0.25) is 5.91 Å². The van der Waals surface area contributed by atoms with Crippen molar-refractivity contribution >= 4 is 44.8 Å². The van der Waals surface area contributed by atoms with Crippen LogP contribution in [0.15, 0.2) is 77.7 Å². The van der Waals surface area contributed by atoms with E-state index < -0.39 is 21.8 Å². The number of hydrogen-bond donors (Lipinski definition) is 2. The van der Waals surface area contributed by atoms with Crippen molar-refractivity contribution in [2.75, 3.05) is 16.2 Å². The maximum absolute atomic E-state index is 13.3. The fourth-order valence-electron chi connectivity index (χ4n) is 3.23. The fraction of sp³-hybridized carbons (Fsp3) is 0.130. The Labute approximate surface area is 191 Å². The maximum atomic E-state index is 13.3. The molecule has 0 aromatic heterocycles. The predicted molar refractivity (Wildman–Crippen MR) is 125 cm³/mol. The summed E-state index contributed by atoms with van der Waals surface area (Å²) in [6.45, 7) is 1.93. The number of carbonyl (C=O) groups is 2. The van der Waals surface area contributed by atoms with E-state index in [1.807, 2.05) is 0 Å². The minimum absolute atomic E-state index is 0.00858. The average Bonchev–Trinajstić information content (AvgIpc) is 2.76. The number of sulfonamides is 1. The van der Waals surface area contributed by atoms with Crippen molar-refractivity contribution < 1.29 is 18.0 Å². The molecule has 0 saturated heterocycles. The standard InChI is InChI=1S/C23H22ClN3O4S/c1-2-27(17-9-4-3-5-10-17)32(30,31)18-12-13-20(24)19(15-18)23(29)26-21-11-7-6-8-16(21)14-22(25)28/h3-13,15H,2,14H2,1H3,(H2,25,28)(H,26,29). The van der Waals surface area contributed by atoms with Gasteiger partial charge in [-0.1, -0.05) is 48.0 Å². The highest BCUT2D eigenvalue weighted by Gasteiger charge is 2.25. The van der Waals surface area contributed by atoms with Crippen molar-refractivity contribution in [3.8, 4) is 0 Å². The molecule has 3 aromatic rings. The molecule has 3 N–H and O–H groups in total. The van der Waals surface area contributed by atoms with Crippen molar-refractivity contribution in [3.63, 3.8) is 0 Å². The topological polar surface area (TPSA) is 110 Å². The van der Waals surface area contributed by atoms with Crippen molar-refractivity contribution in [1.82, 2.24) is 0 Å². The summed E-state index contributed by atoms with van der Waals surface area (Å²) >= 11 is 6.22. The van der Waals surface area contributed by atoms with Gasteiger partial charge in [-0.05, 0) is 48.9 Å². The molecule has 2 amide bonds. The summed E-state index contributed by atoms with van der Waals surface area (Å²) in [6.07, 6.45) is -0.0544. The molecule has 7 nitrogen and oxygen atoms in total. The van der Waals surface area contributed by atoms with Crippen molar-refractivity contribution in [2.45, 2.75) is 18.2 Å². The van der Waals surface area contributed by atoms with Gasteiger partial charge in [-0.25, -0.2) is 8.42 Å². The van der Waals surface area contributed by atoms with Crippen LogP contribution in [-0.4, -0.2) is 26.8 Å². The molecule has 0 atom stereocenters. The third-order valence-corrected chi connectivity index (χ3v) is 6.96. The molecule has 0 bridgehead atoms. The van der Waals surface area contributed by atoms with Crippen LogP contribution >= 0.6 is 11.6 Å². The number of amides is 2. The first-order valence-corrected chi connectivity index (χ1v) is 11.6. The molecular formula is C23H22ClN3O4S. The van der Waals surface area contributed by atoms with Gasteiger partial charge in [-0.15, -0.1) is 0 Å². The zero-order valence-electron chi connectivity index (χ0n) is 17.3. The molecule has 166 valence electrons. The highest BCUT2D eigenvalue weighted by atomic mass is 35.5. The Kier molecular flexibility index (Phi) is 7.17. The number of nitrogens with zero attached hydrogens (tertiary/aromatic N) is 1. The molecule has 0 unspecified atom stereocenters. The molecule has 3 rings (SSSR count). The highest BCUT2D eigenvalue weighted by molar-refractivity contribution is 7.92. The summed E-state index contributed by atoms with van der Waals surface area (Å²) in [4.78, 5) is 24.2. The number of nitrogens with two attached hydrogens (primary N) is 1. The van der Waals surface area contributed by atoms with E-state index >= 15 is 0 Å². The number of carbonyl (C=O) groups excluding carboxylic acids is 2. The lowest BCUT2D eigenvalue weighted by Crippen LogP contribution is -2.31. The molecule has 0 aliphatic carbocycles. The third kappa shape index (κ3) is 5.09. The van der Waals surface area contributed by atoms with E-state index in [1.54, 1.807) is 61.5 Å². The van der Waals surface area contributed by atoms with Gasteiger partial charge in [-0.3, -0.25) is 13.9 Å². The van der Waals surface area contributed by atoms with E-state index in [-0.39, 0.29) is 28.4 Å². The first-order valence-electron chi connectivity index (χ1n) is 9.79. The zero-order valence-corrected chi connectivity index (χ0v) is 18.9. The second-order valence-corrected chi connectivity index (χ2v) is 9.17. The average molecular weight is 472 g/mol. The van der Waals surface area contributed by atoms with Gasteiger partial charge in [0.1, 0.15) is 0 Å². The van der Waals surface area contributed by atoms with Gasteiger partial charge in [-0.2, -0.15) is 0 Å². The molecule has 0 saturated carbocycles. The molecule has 0 aliphatic heterocycles. The molecule has 0 heterocycles. The monoisotopic (exact) mass is 471 g/mol. The minimum atomic E-state index is -3.94. The van der Waals surface area contributed by atoms with Crippen molar-refractivity contribution in [1.29, 1.82) is 0 Å². The predicted octanol–water partition coefficient (Wildman–Crippen LogP) is 3.84. The van der Waals surface area contributed by atoms with Crippen LogP contribution < -0.4 is 15.4 Å². The number of halogens is 1. The van der Waals surface area contributed by atoms with Gasteiger partial charge >= 0.3 is 0 Å². The van der Waals surface area contributed by atoms with E-state index in [1.165, 1.54) is 22.5 Å². The summed E-state index contributed by atoms with van der Waals surface area (Å²) in [6, 6.07) is 19.4. The SMILES string of the molecule is CCN(c1ccccc1)S(=O)(=O)c1ccc(Cl)c(C(=O)Nc2ccccc2CC(N)=O)c1. The number of benzene rings is 3. The fourth-order valence-corrected chi connectivity index (χ4v) is 4.93. The number of anilines is 2. The Balaban J connectivity index is 1.95. The first kappa shape index (κ1) is 23.3. The lowest BCUT2D eigenvalue weighted by molar-refractivity contribution is -0.117. The molecule has 0 spiro atoms. The Morgan fingerprint density at radius 3 is 2.31 bits per heavy atom. The molecular weight excluding hydrogens is 450 g/mol. The number of hydrogen-bond acceptors (Lipinski definition) is 4. The summed E-state index contributed by atoms with van der Waals surface area (Å²) in [7, 11) is -3.94. The quantitative estimate of drug-likeness (QED) is 0.520. The lowest BCUT2D eigenvalue weighted by Gasteiger charge is -2.23. The van der Waals surface area contributed by atoms with Gasteiger partial charge in [0.05, 0.1) is 27.6 Å². The first-order chi connectivity index (χ1) is 15.2. The van der Waals surface area contributed by atoms with Gasteiger partial charge < -0.3 is 11.1 Å². The van der Waals surface area contributed by atoms with Crippen LogP contribution in [-0.2, 0) is 21.2 Å². The zero-order chi connectivity index (χ0) is 23.3. The Hall–Kier alpha value is -3.36. The van der Waals surface area contributed by atoms with Crippen LogP contribution in [0.3, 0.4) is 0 Å². The van der Waals surface area contributed by atoms with E-state index in [4.69, 9.17) is 17.3 Å². The normalized spacial score (nSPS) is 11.1. The molecule has 9 heteroatoms. The lowest BCUT2D eigenvalue weighted by atomic mass is 10.1. The summed E-state index contributed by atoms with van der Waals surface area (Å²) in [5, 5.41) is 2.78. The van der Waals surface area contributed by atoms with Crippen LogP contribution in [0.5, 0.6) is 0 Å². The smallest absolute Gasteiger partial charge is 0.264 e. The van der Waals surface area contributed by atoms with Crippen LogP contribution in [0.1, 0.15) is 22.8 Å². The van der Waals surface area contributed by atoms with Crippen LogP contribution in [0.2, 0.25) is 5.02 Å².